The number of nitrogens with zero attached hydrogens (tertiary/aromatic N) is 2. The molecule has 1 fully saturated rings. The smallest absolute Gasteiger partial charge is 0.415 e. The van der Waals surface area contributed by atoms with Crippen LogP contribution in [-0.2, 0) is 4.74 Å². The molecule has 0 saturated carbocycles. The fourth-order valence-corrected chi connectivity index (χ4v) is 1.99. The molecule has 5 heteroatoms. The number of hydrogen-bond acceptors (Lipinski definition) is 4. The Bertz CT molecular complexity index is 431. The van der Waals surface area contributed by atoms with E-state index in [9.17, 15) is 4.79 Å². The van der Waals surface area contributed by atoms with E-state index in [0.717, 1.165) is 5.56 Å². The number of pyridine rings is 1. The number of ether oxygens (including phenoxy) is 1. The molecule has 1 atom stereocenters. The van der Waals surface area contributed by atoms with E-state index in [4.69, 9.17) is 10.5 Å². The molecule has 0 bridgehead atoms. The third-order valence-corrected chi connectivity index (χ3v) is 2.79. The van der Waals surface area contributed by atoms with E-state index in [1.165, 1.54) is 0 Å². The summed E-state index contributed by atoms with van der Waals surface area (Å²) in [5, 5.41) is 0. The van der Waals surface area contributed by atoms with Gasteiger partial charge in [-0.3, -0.25) is 4.90 Å². The summed E-state index contributed by atoms with van der Waals surface area (Å²) in [6, 6.07) is 3.55. The third-order valence-electron chi connectivity index (χ3n) is 2.79. The van der Waals surface area contributed by atoms with Crippen LogP contribution >= 0.6 is 0 Å². The van der Waals surface area contributed by atoms with E-state index in [0.29, 0.717) is 5.82 Å². The zero-order valence-corrected chi connectivity index (χ0v) is 9.60. The van der Waals surface area contributed by atoms with E-state index < -0.39 is 5.72 Å². The van der Waals surface area contributed by atoms with Gasteiger partial charge in [0.1, 0.15) is 5.82 Å². The first-order valence-corrected chi connectivity index (χ1v) is 5.15. The van der Waals surface area contributed by atoms with Crippen molar-refractivity contribution >= 4 is 11.9 Å². The van der Waals surface area contributed by atoms with Gasteiger partial charge < -0.3 is 10.5 Å². The summed E-state index contributed by atoms with van der Waals surface area (Å²) in [5.74, 6) is 0.455. The van der Waals surface area contributed by atoms with Gasteiger partial charge in [-0.15, -0.1) is 0 Å². The Morgan fingerprint density at radius 3 is 2.75 bits per heavy atom. The summed E-state index contributed by atoms with van der Waals surface area (Å²) < 4.78 is 5.05. The minimum atomic E-state index is -0.547. The van der Waals surface area contributed by atoms with Gasteiger partial charge in [0.05, 0.1) is 6.04 Å². The van der Waals surface area contributed by atoms with Gasteiger partial charge in [-0.05, 0) is 38.5 Å². The molecule has 1 aliphatic heterocycles. The average molecular weight is 221 g/mol. The Morgan fingerprint density at radius 1 is 1.56 bits per heavy atom. The van der Waals surface area contributed by atoms with E-state index in [1.807, 2.05) is 26.8 Å². The summed E-state index contributed by atoms with van der Waals surface area (Å²) >= 11 is 0. The Labute approximate surface area is 94.2 Å². The number of nitrogen functional groups attached to an aromatic ring is 1. The molecule has 5 nitrogen and oxygen atoms in total. The number of cyclic esters (lactones) is 1. The highest BCUT2D eigenvalue weighted by Crippen LogP contribution is 2.37. The molecule has 16 heavy (non-hydrogen) atoms. The van der Waals surface area contributed by atoms with Gasteiger partial charge in [-0.25, -0.2) is 9.78 Å². The normalized spacial score (nSPS) is 19.9. The molecule has 86 valence electrons. The van der Waals surface area contributed by atoms with Gasteiger partial charge >= 0.3 is 6.09 Å². The number of carbonyl (C=O) groups is 1. The maximum absolute atomic E-state index is 11.4. The molecule has 0 unspecified atom stereocenters. The Kier molecular flexibility index (Phi) is 2.26. The van der Waals surface area contributed by atoms with Crippen molar-refractivity contribution in [3.8, 4) is 0 Å². The molecule has 1 aromatic heterocycles. The second-order valence-electron chi connectivity index (χ2n) is 4.37. The number of rotatable bonds is 2. The maximum atomic E-state index is 11.4. The first-order chi connectivity index (χ1) is 7.42. The van der Waals surface area contributed by atoms with Gasteiger partial charge in [0.25, 0.3) is 0 Å². The minimum absolute atomic E-state index is 0.0680. The summed E-state index contributed by atoms with van der Waals surface area (Å²) in [6.07, 6.45) is 1.34. The second kappa shape index (κ2) is 3.37. The van der Waals surface area contributed by atoms with Crippen LogP contribution in [0.1, 0.15) is 32.4 Å². The number of carbonyl (C=O) groups excluding carboxylic acids is 1. The summed E-state index contributed by atoms with van der Waals surface area (Å²) in [6.45, 7) is 5.65. The van der Waals surface area contributed by atoms with Crippen molar-refractivity contribution in [2.75, 3.05) is 5.73 Å². The zero-order valence-electron chi connectivity index (χ0n) is 9.60. The molecule has 1 aliphatic rings. The van der Waals surface area contributed by atoms with Gasteiger partial charge in [0.2, 0.25) is 0 Å². The predicted octanol–water partition coefficient (Wildman–Crippen LogP) is 1.91. The number of anilines is 1. The molecule has 0 spiro atoms. The van der Waals surface area contributed by atoms with Crippen LogP contribution in [0.2, 0.25) is 0 Å². The van der Waals surface area contributed by atoms with E-state index in [1.54, 1.807) is 17.2 Å². The van der Waals surface area contributed by atoms with E-state index in [2.05, 4.69) is 4.98 Å². The monoisotopic (exact) mass is 221 g/mol. The average Bonchev–Trinajstić information content (AvgIpc) is 2.16. The maximum Gasteiger partial charge on any atom is 0.415 e. The van der Waals surface area contributed by atoms with Gasteiger partial charge in [-0.2, -0.15) is 0 Å². The molecule has 1 amide bonds. The van der Waals surface area contributed by atoms with Crippen LogP contribution in [-0.4, -0.2) is 21.7 Å². The van der Waals surface area contributed by atoms with Gasteiger partial charge in [0, 0.05) is 6.20 Å². The summed E-state index contributed by atoms with van der Waals surface area (Å²) in [7, 11) is 0. The summed E-state index contributed by atoms with van der Waals surface area (Å²) in [4.78, 5) is 17.0. The Hall–Kier alpha value is -1.78. The van der Waals surface area contributed by atoms with Crippen molar-refractivity contribution < 1.29 is 9.53 Å². The SMILES string of the molecule is C[C@@H](c1ccnc(N)c1)N1C(=O)OC1(C)C. The van der Waals surface area contributed by atoms with Crippen molar-refractivity contribution in [3.63, 3.8) is 0 Å². The summed E-state index contributed by atoms with van der Waals surface area (Å²) in [5.41, 5.74) is 6.02. The largest absolute Gasteiger partial charge is 0.423 e. The predicted molar refractivity (Wildman–Crippen MR) is 59.5 cm³/mol. The molecular weight excluding hydrogens is 206 g/mol. The third kappa shape index (κ3) is 1.58. The topological polar surface area (TPSA) is 68.5 Å². The molecule has 0 aromatic carbocycles. The van der Waals surface area contributed by atoms with Gasteiger partial charge in [-0.1, -0.05) is 0 Å². The quantitative estimate of drug-likeness (QED) is 0.828. The standard InChI is InChI=1S/C11H15N3O2/c1-7(8-4-5-13-9(12)6-8)14-10(15)16-11(14,2)3/h4-7H,1-3H3,(H2,12,13)/t7-/m0/s1. The lowest BCUT2D eigenvalue weighted by Gasteiger charge is -2.49. The van der Waals surface area contributed by atoms with Crippen molar-refractivity contribution in [2.45, 2.75) is 32.5 Å². The first kappa shape index (κ1) is 10.7. The highest BCUT2D eigenvalue weighted by molar-refractivity contribution is 5.74. The van der Waals surface area contributed by atoms with Crippen LogP contribution in [0.5, 0.6) is 0 Å². The first-order valence-electron chi connectivity index (χ1n) is 5.15. The van der Waals surface area contributed by atoms with E-state index >= 15 is 0 Å². The number of amides is 1. The number of hydrogen-bond donors (Lipinski definition) is 1. The Morgan fingerprint density at radius 2 is 2.25 bits per heavy atom. The van der Waals surface area contributed by atoms with Crippen molar-refractivity contribution in [1.82, 2.24) is 9.88 Å². The fourth-order valence-electron chi connectivity index (χ4n) is 1.99. The van der Waals surface area contributed by atoms with Crippen molar-refractivity contribution in [3.05, 3.63) is 23.9 Å². The van der Waals surface area contributed by atoms with Crippen LogP contribution in [0.15, 0.2) is 18.3 Å². The highest BCUT2D eigenvalue weighted by Gasteiger charge is 2.48. The molecular formula is C11H15N3O2. The lowest BCUT2D eigenvalue weighted by molar-refractivity contribution is -0.178. The number of nitrogens with two attached hydrogens (primary N) is 1. The zero-order chi connectivity index (χ0) is 11.9. The molecule has 1 aromatic rings. The lowest BCUT2D eigenvalue weighted by Crippen LogP contribution is -2.62. The molecule has 0 aliphatic carbocycles. The van der Waals surface area contributed by atoms with Crippen molar-refractivity contribution in [1.29, 1.82) is 0 Å². The van der Waals surface area contributed by atoms with Crippen LogP contribution in [0.3, 0.4) is 0 Å². The highest BCUT2D eigenvalue weighted by atomic mass is 16.6. The molecule has 1 saturated heterocycles. The fraction of sp³-hybridized carbons (Fsp3) is 0.455. The van der Waals surface area contributed by atoms with E-state index in [-0.39, 0.29) is 12.1 Å². The van der Waals surface area contributed by atoms with Crippen LogP contribution < -0.4 is 5.73 Å². The Balaban J connectivity index is 2.25. The molecule has 2 N–H and O–H groups in total. The van der Waals surface area contributed by atoms with Gasteiger partial charge in [0.15, 0.2) is 5.72 Å². The van der Waals surface area contributed by atoms with Crippen LogP contribution in [0, 0.1) is 0 Å². The number of aromatic nitrogens is 1. The van der Waals surface area contributed by atoms with Crippen LogP contribution in [0.4, 0.5) is 10.6 Å². The van der Waals surface area contributed by atoms with Crippen LogP contribution in [0.25, 0.3) is 0 Å². The van der Waals surface area contributed by atoms with Crippen molar-refractivity contribution in [2.24, 2.45) is 0 Å². The molecule has 2 heterocycles. The minimum Gasteiger partial charge on any atom is -0.423 e. The molecule has 2 rings (SSSR count). The lowest BCUT2D eigenvalue weighted by atomic mass is 10.0. The second-order valence-corrected chi connectivity index (χ2v) is 4.37. The molecule has 0 radical (unpaired) electrons.